The van der Waals surface area contributed by atoms with Crippen molar-refractivity contribution in [3.05, 3.63) is 17.1 Å². The number of aromatic nitrogens is 2. The number of aryl methyl sites for hydroxylation is 1. The van der Waals surface area contributed by atoms with Gasteiger partial charge in [-0.2, -0.15) is 0 Å². The molecule has 18 heavy (non-hydrogen) atoms. The van der Waals surface area contributed by atoms with Crippen molar-refractivity contribution in [1.29, 1.82) is 0 Å². The second-order valence-electron chi connectivity index (χ2n) is 4.73. The average Bonchev–Trinajstić information content (AvgIpc) is 2.40. The van der Waals surface area contributed by atoms with Gasteiger partial charge in [-0.15, -0.1) is 0 Å². The zero-order chi connectivity index (χ0) is 13.0. The van der Waals surface area contributed by atoms with Crippen molar-refractivity contribution in [3.8, 4) is 0 Å². The molecule has 0 aliphatic heterocycles. The molecule has 0 saturated heterocycles. The van der Waals surface area contributed by atoms with Crippen molar-refractivity contribution < 1.29 is 4.74 Å². The van der Waals surface area contributed by atoms with Crippen molar-refractivity contribution >= 4 is 5.82 Å². The fourth-order valence-electron chi connectivity index (χ4n) is 2.53. The van der Waals surface area contributed by atoms with Crippen LogP contribution in [0.1, 0.15) is 56.3 Å². The van der Waals surface area contributed by atoms with Crippen LogP contribution in [0.5, 0.6) is 0 Å². The maximum Gasteiger partial charge on any atom is 0.159 e. The van der Waals surface area contributed by atoms with Crippen LogP contribution in [0.25, 0.3) is 0 Å². The Balaban J connectivity index is 2.40. The smallest absolute Gasteiger partial charge is 0.159 e. The van der Waals surface area contributed by atoms with E-state index in [9.17, 15) is 0 Å². The van der Waals surface area contributed by atoms with Crippen LogP contribution in [0.2, 0.25) is 0 Å². The molecule has 4 heteroatoms. The van der Waals surface area contributed by atoms with Gasteiger partial charge in [0.15, 0.2) is 5.82 Å². The van der Waals surface area contributed by atoms with Gasteiger partial charge in [-0.05, 0) is 39.0 Å². The van der Waals surface area contributed by atoms with Gasteiger partial charge in [0.1, 0.15) is 11.9 Å². The fraction of sp³-hybridized carbons (Fsp3) is 0.714. The molecule has 0 amide bonds. The molecule has 0 fully saturated rings. The van der Waals surface area contributed by atoms with Gasteiger partial charge in [0.25, 0.3) is 0 Å². The Morgan fingerprint density at radius 1 is 1.22 bits per heavy atom. The van der Waals surface area contributed by atoms with Crippen LogP contribution in [-0.4, -0.2) is 23.6 Å². The molecule has 100 valence electrons. The lowest BCUT2D eigenvalue weighted by molar-refractivity contribution is 0.0924. The molecule has 1 aromatic heterocycles. The number of methoxy groups -OCH3 is 1. The molecule has 0 radical (unpaired) electrons. The highest BCUT2D eigenvalue weighted by atomic mass is 16.5. The largest absolute Gasteiger partial charge is 0.373 e. The fourth-order valence-corrected chi connectivity index (χ4v) is 2.53. The van der Waals surface area contributed by atoms with Gasteiger partial charge in [0.2, 0.25) is 0 Å². The third-order valence-corrected chi connectivity index (χ3v) is 3.49. The first-order valence-electron chi connectivity index (χ1n) is 6.96. The number of nitrogens with zero attached hydrogens (tertiary/aromatic N) is 2. The highest BCUT2D eigenvalue weighted by Gasteiger charge is 2.20. The molecule has 0 aromatic carbocycles. The Hall–Kier alpha value is -1.16. The van der Waals surface area contributed by atoms with Crippen LogP contribution in [0.4, 0.5) is 5.82 Å². The van der Waals surface area contributed by atoms with Crippen LogP contribution < -0.4 is 5.32 Å². The maximum atomic E-state index is 5.46. The molecule has 1 atom stereocenters. The van der Waals surface area contributed by atoms with E-state index < -0.39 is 0 Å². The Bertz CT molecular complexity index is 402. The molecule has 1 unspecified atom stereocenters. The van der Waals surface area contributed by atoms with Gasteiger partial charge in [-0.3, -0.25) is 0 Å². The summed E-state index contributed by atoms with van der Waals surface area (Å²) in [4.78, 5) is 9.39. The van der Waals surface area contributed by atoms with Crippen LogP contribution in [0, 0.1) is 0 Å². The van der Waals surface area contributed by atoms with E-state index in [0.717, 1.165) is 37.4 Å². The van der Waals surface area contributed by atoms with E-state index in [4.69, 9.17) is 9.72 Å². The third kappa shape index (κ3) is 2.64. The van der Waals surface area contributed by atoms with Gasteiger partial charge in [-0.1, -0.05) is 6.92 Å². The van der Waals surface area contributed by atoms with E-state index in [1.54, 1.807) is 7.11 Å². The zero-order valence-corrected chi connectivity index (χ0v) is 11.6. The predicted molar refractivity (Wildman–Crippen MR) is 72.9 cm³/mol. The maximum absolute atomic E-state index is 5.46. The quantitative estimate of drug-likeness (QED) is 0.871. The van der Waals surface area contributed by atoms with E-state index in [2.05, 4.69) is 24.1 Å². The van der Waals surface area contributed by atoms with Gasteiger partial charge < -0.3 is 10.1 Å². The average molecular weight is 249 g/mol. The molecular formula is C14H23N3O. The van der Waals surface area contributed by atoms with E-state index in [1.807, 2.05) is 0 Å². The number of anilines is 1. The Labute approximate surface area is 109 Å². The summed E-state index contributed by atoms with van der Waals surface area (Å²) >= 11 is 0. The third-order valence-electron chi connectivity index (χ3n) is 3.49. The molecule has 1 aromatic rings. The number of nitrogens with one attached hydrogen (secondary N) is 1. The lowest BCUT2D eigenvalue weighted by Crippen LogP contribution is -2.17. The summed E-state index contributed by atoms with van der Waals surface area (Å²) in [5, 5.41) is 3.37. The Kier molecular flexibility index (Phi) is 4.53. The van der Waals surface area contributed by atoms with Crippen molar-refractivity contribution in [2.45, 2.75) is 52.1 Å². The first-order chi connectivity index (χ1) is 8.80. The SMILES string of the molecule is CCNc1nc(C(CC)OC)nc2c1CCCC2. The molecule has 0 saturated carbocycles. The van der Waals surface area contributed by atoms with Crippen molar-refractivity contribution in [1.82, 2.24) is 9.97 Å². The van der Waals surface area contributed by atoms with Crippen molar-refractivity contribution in [2.24, 2.45) is 0 Å². The number of hydrogen-bond acceptors (Lipinski definition) is 4. The Morgan fingerprint density at radius 3 is 2.67 bits per heavy atom. The summed E-state index contributed by atoms with van der Waals surface area (Å²) in [5.41, 5.74) is 2.54. The van der Waals surface area contributed by atoms with Gasteiger partial charge in [0, 0.05) is 24.9 Å². The Morgan fingerprint density at radius 2 is 2.00 bits per heavy atom. The summed E-state index contributed by atoms with van der Waals surface area (Å²) in [7, 11) is 1.73. The second kappa shape index (κ2) is 6.14. The zero-order valence-electron chi connectivity index (χ0n) is 11.6. The highest BCUT2D eigenvalue weighted by molar-refractivity contribution is 5.48. The molecule has 0 spiro atoms. The molecule has 1 heterocycles. The summed E-state index contributed by atoms with van der Waals surface area (Å²) in [5.74, 6) is 1.85. The van der Waals surface area contributed by atoms with Crippen LogP contribution in [0.15, 0.2) is 0 Å². The number of hydrogen-bond donors (Lipinski definition) is 1. The topological polar surface area (TPSA) is 47.0 Å². The summed E-state index contributed by atoms with van der Waals surface area (Å²) in [6, 6.07) is 0. The van der Waals surface area contributed by atoms with Crippen LogP contribution >= 0.6 is 0 Å². The van der Waals surface area contributed by atoms with Crippen LogP contribution in [-0.2, 0) is 17.6 Å². The summed E-state index contributed by atoms with van der Waals surface area (Å²) in [6.07, 6.45) is 5.56. The van der Waals surface area contributed by atoms with Crippen molar-refractivity contribution in [3.63, 3.8) is 0 Å². The lowest BCUT2D eigenvalue weighted by atomic mass is 9.96. The normalized spacial score (nSPS) is 16.2. The van der Waals surface area contributed by atoms with E-state index in [0.29, 0.717) is 0 Å². The minimum Gasteiger partial charge on any atom is -0.373 e. The molecule has 1 N–H and O–H groups in total. The number of ether oxygens (including phenoxy) is 1. The standard InChI is InChI=1S/C14H23N3O/c1-4-12(18-3)14-16-11-9-7-6-8-10(11)13(17-14)15-5-2/h12H,4-9H2,1-3H3,(H,15,16,17). The second-order valence-corrected chi connectivity index (χ2v) is 4.73. The molecule has 4 nitrogen and oxygen atoms in total. The number of fused-ring (bicyclic) bond motifs is 1. The van der Waals surface area contributed by atoms with Crippen molar-refractivity contribution in [2.75, 3.05) is 19.0 Å². The van der Waals surface area contributed by atoms with Gasteiger partial charge in [0.05, 0.1) is 0 Å². The number of rotatable bonds is 5. The van der Waals surface area contributed by atoms with E-state index >= 15 is 0 Å². The molecular weight excluding hydrogens is 226 g/mol. The first kappa shape index (κ1) is 13.3. The predicted octanol–water partition coefficient (Wildman–Crippen LogP) is 2.88. The first-order valence-corrected chi connectivity index (χ1v) is 6.96. The summed E-state index contributed by atoms with van der Waals surface area (Å²) < 4.78 is 5.46. The van der Waals surface area contributed by atoms with Gasteiger partial charge >= 0.3 is 0 Å². The molecule has 1 aliphatic rings. The molecule has 1 aliphatic carbocycles. The highest BCUT2D eigenvalue weighted by Crippen LogP contribution is 2.28. The minimum absolute atomic E-state index is 0.00892. The summed E-state index contributed by atoms with van der Waals surface area (Å²) in [6.45, 7) is 5.10. The van der Waals surface area contributed by atoms with E-state index in [-0.39, 0.29) is 6.10 Å². The van der Waals surface area contributed by atoms with E-state index in [1.165, 1.54) is 24.1 Å². The molecule has 0 bridgehead atoms. The van der Waals surface area contributed by atoms with Gasteiger partial charge in [-0.25, -0.2) is 9.97 Å². The minimum atomic E-state index is 0.00892. The van der Waals surface area contributed by atoms with Crippen LogP contribution in [0.3, 0.4) is 0 Å². The molecule has 2 rings (SSSR count). The monoisotopic (exact) mass is 249 g/mol. The lowest BCUT2D eigenvalue weighted by Gasteiger charge is -2.21.